The van der Waals surface area contributed by atoms with Crippen molar-refractivity contribution in [2.75, 3.05) is 12.3 Å². The van der Waals surface area contributed by atoms with Crippen LogP contribution in [0, 0.1) is 0 Å². The molecule has 1 heterocycles. The average Bonchev–Trinajstić information content (AvgIpc) is 2.62. The fourth-order valence-electron chi connectivity index (χ4n) is 2.29. The molecule has 1 fully saturated rings. The van der Waals surface area contributed by atoms with Crippen molar-refractivity contribution >= 4 is 11.6 Å². The quantitative estimate of drug-likeness (QED) is 0.716. The molecule has 80 valence electrons. The molecule has 1 saturated heterocycles. The van der Waals surface area contributed by atoms with Gasteiger partial charge in [-0.1, -0.05) is 19.1 Å². The van der Waals surface area contributed by atoms with Crippen LogP contribution >= 0.6 is 0 Å². The van der Waals surface area contributed by atoms with Gasteiger partial charge in [0.1, 0.15) is 0 Å². The second-order valence-corrected chi connectivity index (χ2v) is 4.06. The summed E-state index contributed by atoms with van der Waals surface area (Å²) in [6.45, 7) is 2.83. The number of carbonyl (C=O) groups is 1. The largest absolute Gasteiger partial charge is 0.399 e. The fraction of sp³-hybridized carbons (Fsp3) is 0.417. The Bertz CT molecular complexity index is 372. The monoisotopic (exact) mass is 204 g/mol. The maximum atomic E-state index is 11.9. The topological polar surface area (TPSA) is 55.1 Å². The number of anilines is 1. The van der Waals surface area contributed by atoms with E-state index in [4.69, 9.17) is 5.73 Å². The van der Waals surface area contributed by atoms with Crippen molar-refractivity contribution in [3.05, 3.63) is 29.8 Å². The Morgan fingerprint density at radius 2 is 2.07 bits per heavy atom. The van der Waals surface area contributed by atoms with Gasteiger partial charge < -0.3 is 11.1 Å². The zero-order valence-corrected chi connectivity index (χ0v) is 8.92. The first-order chi connectivity index (χ1) is 7.19. The van der Waals surface area contributed by atoms with Crippen LogP contribution in [0.25, 0.3) is 0 Å². The summed E-state index contributed by atoms with van der Waals surface area (Å²) >= 11 is 0. The highest BCUT2D eigenvalue weighted by molar-refractivity contribution is 5.90. The lowest BCUT2D eigenvalue weighted by molar-refractivity contribution is -0.124. The molecular formula is C12H16N2O. The predicted molar refractivity (Wildman–Crippen MR) is 60.5 cm³/mol. The maximum Gasteiger partial charge on any atom is 0.230 e. The number of nitrogens with two attached hydrogens (primary N) is 1. The van der Waals surface area contributed by atoms with Gasteiger partial charge in [-0.2, -0.15) is 0 Å². The van der Waals surface area contributed by atoms with Crippen LogP contribution in [0.4, 0.5) is 5.69 Å². The van der Waals surface area contributed by atoms with Gasteiger partial charge in [0.25, 0.3) is 0 Å². The molecule has 1 aliphatic heterocycles. The molecule has 3 heteroatoms. The highest BCUT2D eigenvalue weighted by Gasteiger charge is 2.41. The first-order valence-corrected chi connectivity index (χ1v) is 5.33. The Hall–Kier alpha value is -1.51. The van der Waals surface area contributed by atoms with Gasteiger partial charge in [-0.05, 0) is 30.5 Å². The van der Waals surface area contributed by atoms with Crippen LogP contribution in [0.3, 0.4) is 0 Å². The van der Waals surface area contributed by atoms with E-state index in [-0.39, 0.29) is 11.3 Å². The highest BCUT2D eigenvalue weighted by atomic mass is 16.2. The summed E-state index contributed by atoms with van der Waals surface area (Å²) in [7, 11) is 0. The van der Waals surface area contributed by atoms with Crippen molar-refractivity contribution in [2.45, 2.75) is 25.2 Å². The molecule has 0 spiro atoms. The molecule has 0 bridgehead atoms. The summed E-state index contributed by atoms with van der Waals surface area (Å²) in [5.74, 6) is 0.148. The number of carbonyl (C=O) groups excluding carboxylic acids is 1. The van der Waals surface area contributed by atoms with Crippen LogP contribution in [0.5, 0.6) is 0 Å². The average molecular weight is 204 g/mol. The minimum absolute atomic E-state index is 0.148. The number of hydrogen-bond acceptors (Lipinski definition) is 2. The molecule has 1 amide bonds. The summed E-state index contributed by atoms with van der Waals surface area (Å²) in [4.78, 5) is 11.9. The number of rotatable bonds is 2. The van der Waals surface area contributed by atoms with Crippen LogP contribution in [-0.4, -0.2) is 12.5 Å². The second kappa shape index (κ2) is 3.57. The van der Waals surface area contributed by atoms with Crippen LogP contribution in [-0.2, 0) is 10.2 Å². The Morgan fingerprint density at radius 3 is 2.53 bits per heavy atom. The normalized spacial score (nSPS) is 25.3. The molecule has 1 aliphatic rings. The molecule has 0 aliphatic carbocycles. The van der Waals surface area contributed by atoms with Crippen molar-refractivity contribution < 1.29 is 4.79 Å². The molecule has 0 radical (unpaired) electrons. The van der Waals surface area contributed by atoms with E-state index in [1.165, 1.54) is 0 Å². The summed E-state index contributed by atoms with van der Waals surface area (Å²) in [6, 6.07) is 7.64. The molecule has 3 N–H and O–H groups in total. The van der Waals surface area contributed by atoms with Crippen LogP contribution in [0.2, 0.25) is 0 Å². The van der Waals surface area contributed by atoms with E-state index < -0.39 is 0 Å². The lowest BCUT2D eigenvalue weighted by Gasteiger charge is -2.24. The van der Waals surface area contributed by atoms with E-state index in [0.29, 0.717) is 0 Å². The van der Waals surface area contributed by atoms with Gasteiger partial charge in [-0.25, -0.2) is 0 Å². The lowest BCUT2D eigenvalue weighted by Crippen LogP contribution is -2.34. The first kappa shape index (κ1) is 10.0. The molecule has 1 unspecified atom stereocenters. The Morgan fingerprint density at radius 1 is 1.40 bits per heavy atom. The lowest BCUT2D eigenvalue weighted by atomic mass is 9.77. The van der Waals surface area contributed by atoms with Crippen molar-refractivity contribution in [1.29, 1.82) is 0 Å². The third-order valence-electron chi connectivity index (χ3n) is 3.34. The smallest absolute Gasteiger partial charge is 0.230 e. The van der Waals surface area contributed by atoms with Gasteiger partial charge in [0.15, 0.2) is 0 Å². The summed E-state index contributed by atoms with van der Waals surface area (Å²) in [6.07, 6.45) is 1.72. The summed E-state index contributed by atoms with van der Waals surface area (Å²) in [5, 5.41) is 2.90. The Balaban J connectivity index is 2.42. The van der Waals surface area contributed by atoms with Gasteiger partial charge in [-0.3, -0.25) is 4.79 Å². The molecule has 1 aromatic rings. The Labute approximate surface area is 89.7 Å². The SMILES string of the molecule is CCC1(c2ccc(N)cc2)CCNC1=O. The number of hydrogen-bond donors (Lipinski definition) is 2. The first-order valence-electron chi connectivity index (χ1n) is 5.33. The number of amides is 1. The van der Waals surface area contributed by atoms with Gasteiger partial charge in [0, 0.05) is 12.2 Å². The van der Waals surface area contributed by atoms with Crippen LogP contribution in [0.15, 0.2) is 24.3 Å². The number of nitrogens with one attached hydrogen (secondary N) is 1. The fourth-order valence-corrected chi connectivity index (χ4v) is 2.29. The molecule has 0 saturated carbocycles. The van der Waals surface area contributed by atoms with Crippen molar-refractivity contribution in [2.24, 2.45) is 0 Å². The molecular weight excluding hydrogens is 188 g/mol. The number of nitrogen functional groups attached to an aromatic ring is 1. The van der Waals surface area contributed by atoms with Crippen molar-refractivity contribution in [1.82, 2.24) is 5.32 Å². The molecule has 2 rings (SSSR count). The van der Waals surface area contributed by atoms with E-state index in [9.17, 15) is 4.79 Å². The molecule has 15 heavy (non-hydrogen) atoms. The van der Waals surface area contributed by atoms with Crippen molar-refractivity contribution in [3.63, 3.8) is 0 Å². The van der Waals surface area contributed by atoms with E-state index in [2.05, 4.69) is 12.2 Å². The minimum atomic E-state index is -0.326. The van der Waals surface area contributed by atoms with Crippen molar-refractivity contribution in [3.8, 4) is 0 Å². The Kier molecular flexibility index (Phi) is 2.39. The molecule has 0 aromatic heterocycles. The van der Waals surface area contributed by atoms with Gasteiger partial charge in [0.05, 0.1) is 5.41 Å². The minimum Gasteiger partial charge on any atom is -0.399 e. The number of benzene rings is 1. The molecule has 3 nitrogen and oxygen atoms in total. The summed E-state index contributed by atoms with van der Waals surface area (Å²) in [5.41, 5.74) is 7.14. The van der Waals surface area contributed by atoms with Gasteiger partial charge in [0.2, 0.25) is 5.91 Å². The van der Waals surface area contributed by atoms with E-state index in [0.717, 1.165) is 30.6 Å². The van der Waals surface area contributed by atoms with Gasteiger partial charge >= 0.3 is 0 Å². The van der Waals surface area contributed by atoms with E-state index >= 15 is 0 Å². The van der Waals surface area contributed by atoms with Gasteiger partial charge in [-0.15, -0.1) is 0 Å². The molecule has 1 aromatic carbocycles. The zero-order chi connectivity index (χ0) is 10.9. The highest BCUT2D eigenvalue weighted by Crippen LogP contribution is 2.35. The van der Waals surface area contributed by atoms with Crippen LogP contribution < -0.4 is 11.1 Å². The molecule has 1 atom stereocenters. The van der Waals surface area contributed by atoms with E-state index in [1.54, 1.807) is 0 Å². The summed E-state index contributed by atoms with van der Waals surface area (Å²) < 4.78 is 0. The zero-order valence-electron chi connectivity index (χ0n) is 8.92. The third-order valence-corrected chi connectivity index (χ3v) is 3.34. The predicted octanol–water partition coefficient (Wildman–Crippen LogP) is 1.44. The van der Waals surface area contributed by atoms with E-state index in [1.807, 2.05) is 24.3 Å². The standard InChI is InChI=1S/C12H16N2O/c1-2-12(7-8-14-11(12)15)9-3-5-10(13)6-4-9/h3-6H,2,7-8,13H2,1H3,(H,14,15). The third kappa shape index (κ3) is 1.48. The van der Waals surface area contributed by atoms with Crippen LogP contribution in [0.1, 0.15) is 25.3 Å². The maximum absolute atomic E-state index is 11.9. The second-order valence-electron chi connectivity index (χ2n) is 4.06.